The smallest absolute Gasteiger partial charge is 0.264 e. The van der Waals surface area contributed by atoms with Crippen LogP contribution in [0.5, 0.6) is 0 Å². The predicted octanol–water partition coefficient (Wildman–Crippen LogP) is 4.11. The van der Waals surface area contributed by atoms with Crippen molar-refractivity contribution < 1.29 is 17.6 Å². The minimum atomic E-state index is -3.98. The predicted molar refractivity (Wildman–Crippen MR) is 106 cm³/mol. The summed E-state index contributed by atoms with van der Waals surface area (Å²) in [6.45, 7) is 3.81. The summed E-state index contributed by atoms with van der Waals surface area (Å²) in [5.41, 5.74) is 0.488. The maximum absolute atomic E-state index is 14.3. The summed E-state index contributed by atoms with van der Waals surface area (Å²) in [5.74, 6) is -0.281. The molecule has 0 saturated heterocycles. The molecule has 8 heteroatoms. The van der Waals surface area contributed by atoms with Crippen molar-refractivity contribution in [3.8, 4) is 0 Å². The molecule has 0 spiro atoms. The molecule has 5 nitrogen and oxygen atoms in total. The number of hydrogen-bond acceptors (Lipinski definition) is 4. The highest BCUT2D eigenvalue weighted by Gasteiger charge is 2.28. The first kappa shape index (κ1) is 19.7. The standard InChI is InChI=1S/C19H21FN2O3S2/c1-3-10-22(17-7-5-4-6-15(17)20)27(24,25)14-8-9-18-16(11-14)21-19(23)13(2)12-26-18/h4-9,11,13H,3,10,12H2,1-2H3,(H,21,23)/t13-/m1/s1. The molecule has 0 radical (unpaired) electrons. The molecule has 144 valence electrons. The van der Waals surface area contributed by atoms with Gasteiger partial charge in [0, 0.05) is 23.1 Å². The molecule has 1 amide bonds. The SMILES string of the molecule is CCCN(c1ccccc1F)S(=O)(=O)c1ccc2c(c1)NC(=O)[C@H](C)CS2. The number of amides is 1. The van der Waals surface area contributed by atoms with Crippen LogP contribution < -0.4 is 9.62 Å². The van der Waals surface area contributed by atoms with Gasteiger partial charge in [0.1, 0.15) is 5.82 Å². The lowest BCUT2D eigenvalue weighted by molar-refractivity contribution is -0.118. The molecule has 0 unspecified atom stereocenters. The van der Waals surface area contributed by atoms with E-state index in [-0.39, 0.29) is 29.0 Å². The minimum Gasteiger partial charge on any atom is -0.325 e. The van der Waals surface area contributed by atoms with E-state index in [1.54, 1.807) is 12.1 Å². The highest BCUT2D eigenvalue weighted by Crippen LogP contribution is 2.35. The van der Waals surface area contributed by atoms with E-state index in [4.69, 9.17) is 0 Å². The topological polar surface area (TPSA) is 66.5 Å². The number of carbonyl (C=O) groups is 1. The summed E-state index contributed by atoms with van der Waals surface area (Å²) in [4.78, 5) is 12.9. The molecular formula is C19H21FN2O3S2. The zero-order valence-corrected chi connectivity index (χ0v) is 16.7. The molecule has 2 aromatic carbocycles. The average molecular weight is 409 g/mol. The first-order valence-electron chi connectivity index (χ1n) is 8.69. The minimum absolute atomic E-state index is 0.0151. The quantitative estimate of drug-likeness (QED) is 0.809. The van der Waals surface area contributed by atoms with Gasteiger partial charge in [-0.1, -0.05) is 26.0 Å². The molecule has 1 N–H and O–H groups in total. The van der Waals surface area contributed by atoms with Crippen LogP contribution in [0.3, 0.4) is 0 Å². The van der Waals surface area contributed by atoms with Crippen LogP contribution in [-0.2, 0) is 14.8 Å². The summed E-state index contributed by atoms with van der Waals surface area (Å²) in [5, 5.41) is 2.79. The van der Waals surface area contributed by atoms with Crippen molar-refractivity contribution >= 4 is 39.1 Å². The van der Waals surface area contributed by atoms with Crippen LogP contribution >= 0.6 is 11.8 Å². The normalized spacial score (nSPS) is 17.0. The number of carbonyl (C=O) groups excluding carboxylic acids is 1. The highest BCUT2D eigenvalue weighted by atomic mass is 32.2. The van der Waals surface area contributed by atoms with Crippen LogP contribution in [0.25, 0.3) is 0 Å². The number of rotatable bonds is 5. The number of para-hydroxylation sites is 1. The van der Waals surface area contributed by atoms with Crippen LogP contribution in [-0.4, -0.2) is 26.6 Å². The fourth-order valence-electron chi connectivity index (χ4n) is 2.79. The molecule has 27 heavy (non-hydrogen) atoms. The first-order valence-corrected chi connectivity index (χ1v) is 11.1. The van der Waals surface area contributed by atoms with Gasteiger partial charge in [-0.2, -0.15) is 0 Å². The summed E-state index contributed by atoms with van der Waals surface area (Å²) in [6, 6.07) is 10.5. The van der Waals surface area contributed by atoms with Crippen molar-refractivity contribution in [2.24, 2.45) is 5.92 Å². The van der Waals surface area contributed by atoms with E-state index in [2.05, 4.69) is 5.32 Å². The average Bonchev–Trinajstić information content (AvgIpc) is 2.78. The van der Waals surface area contributed by atoms with Gasteiger partial charge >= 0.3 is 0 Å². The number of thioether (sulfide) groups is 1. The molecule has 0 aromatic heterocycles. The second kappa shape index (κ2) is 7.90. The van der Waals surface area contributed by atoms with Gasteiger partial charge in [0.25, 0.3) is 10.0 Å². The molecule has 1 aliphatic heterocycles. The third-order valence-electron chi connectivity index (χ3n) is 4.28. The molecular weight excluding hydrogens is 387 g/mol. The van der Waals surface area contributed by atoms with Crippen molar-refractivity contribution in [3.05, 3.63) is 48.3 Å². The number of anilines is 2. The van der Waals surface area contributed by atoms with Crippen LogP contribution in [0.4, 0.5) is 15.8 Å². The lowest BCUT2D eigenvalue weighted by Gasteiger charge is -2.25. The van der Waals surface area contributed by atoms with Crippen molar-refractivity contribution in [1.82, 2.24) is 0 Å². The van der Waals surface area contributed by atoms with E-state index in [1.807, 2.05) is 13.8 Å². The highest BCUT2D eigenvalue weighted by molar-refractivity contribution is 7.99. The Morgan fingerprint density at radius 1 is 1.26 bits per heavy atom. The van der Waals surface area contributed by atoms with E-state index in [1.165, 1.54) is 42.1 Å². The molecule has 0 fully saturated rings. The van der Waals surface area contributed by atoms with E-state index in [0.717, 1.165) is 9.20 Å². The van der Waals surface area contributed by atoms with E-state index >= 15 is 0 Å². The third kappa shape index (κ3) is 3.96. The summed E-state index contributed by atoms with van der Waals surface area (Å²) >= 11 is 1.51. The van der Waals surface area contributed by atoms with E-state index < -0.39 is 15.8 Å². The molecule has 1 atom stereocenters. The van der Waals surface area contributed by atoms with Gasteiger partial charge < -0.3 is 5.32 Å². The second-order valence-corrected chi connectivity index (χ2v) is 9.31. The van der Waals surface area contributed by atoms with Gasteiger partial charge in [-0.15, -0.1) is 11.8 Å². The fraction of sp³-hybridized carbons (Fsp3) is 0.316. The zero-order valence-electron chi connectivity index (χ0n) is 15.1. The molecule has 0 aliphatic carbocycles. The number of halogens is 1. The fourth-order valence-corrected chi connectivity index (χ4v) is 5.40. The molecule has 2 aromatic rings. The summed E-state index contributed by atoms with van der Waals surface area (Å²) < 4.78 is 41.8. The van der Waals surface area contributed by atoms with Gasteiger partial charge in [0.2, 0.25) is 5.91 Å². The number of nitrogens with zero attached hydrogens (tertiary/aromatic N) is 1. The van der Waals surface area contributed by atoms with Crippen molar-refractivity contribution in [2.75, 3.05) is 21.9 Å². The molecule has 0 bridgehead atoms. The van der Waals surface area contributed by atoms with Crippen LogP contribution in [0.15, 0.2) is 52.3 Å². The largest absolute Gasteiger partial charge is 0.325 e. The van der Waals surface area contributed by atoms with Crippen LogP contribution in [0, 0.1) is 11.7 Å². The zero-order chi connectivity index (χ0) is 19.6. The Balaban J connectivity index is 2.05. The lowest BCUT2D eigenvalue weighted by atomic mass is 10.2. The van der Waals surface area contributed by atoms with Crippen molar-refractivity contribution in [3.63, 3.8) is 0 Å². The van der Waals surface area contributed by atoms with Gasteiger partial charge in [-0.3, -0.25) is 9.10 Å². The van der Waals surface area contributed by atoms with Crippen molar-refractivity contribution in [1.29, 1.82) is 0 Å². The maximum atomic E-state index is 14.3. The van der Waals surface area contributed by atoms with Gasteiger partial charge in [-0.25, -0.2) is 12.8 Å². The van der Waals surface area contributed by atoms with Crippen LogP contribution in [0.1, 0.15) is 20.3 Å². The van der Waals surface area contributed by atoms with Gasteiger partial charge in [-0.05, 0) is 36.8 Å². The Kier molecular flexibility index (Phi) is 5.76. The molecule has 3 rings (SSSR count). The summed E-state index contributed by atoms with van der Waals surface area (Å²) in [7, 11) is -3.98. The Morgan fingerprint density at radius 2 is 2.00 bits per heavy atom. The molecule has 0 saturated carbocycles. The lowest BCUT2D eigenvalue weighted by Crippen LogP contribution is -2.32. The first-order chi connectivity index (χ1) is 12.8. The molecule has 1 aliphatic rings. The van der Waals surface area contributed by atoms with Crippen LogP contribution in [0.2, 0.25) is 0 Å². The van der Waals surface area contributed by atoms with E-state index in [9.17, 15) is 17.6 Å². The monoisotopic (exact) mass is 408 g/mol. The number of sulfonamides is 1. The Morgan fingerprint density at radius 3 is 2.70 bits per heavy atom. The van der Waals surface area contributed by atoms with E-state index in [0.29, 0.717) is 17.9 Å². The van der Waals surface area contributed by atoms with Gasteiger partial charge in [0.05, 0.1) is 16.3 Å². The number of fused-ring (bicyclic) bond motifs is 1. The molecule has 1 heterocycles. The Bertz CT molecular complexity index is 963. The number of hydrogen-bond donors (Lipinski definition) is 1. The maximum Gasteiger partial charge on any atom is 0.264 e. The summed E-state index contributed by atoms with van der Waals surface area (Å²) in [6.07, 6.45) is 0.530. The Labute approximate surface area is 163 Å². The van der Waals surface area contributed by atoms with Crippen molar-refractivity contribution in [2.45, 2.75) is 30.1 Å². The third-order valence-corrected chi connectivity index (χ3v) is 7.42. The number of nitrogens with one attached hydrogen (secondary N) is 1. The van der Waals surface area contributed by atoms with Gasteiger partial charge in [0.15, 0.2) is 0 Å². The second-order valence-electron chi connectivity index (χ2n) is 6.39. The number of benzene rings is 2. The Hall–Kier alpha value is -2.06.